The lowest BCUT2D eigenvalue weighted by atomic mass is 10.0. The van der Waals surface area contributed by atoms with Crippen LogP contribution in [-0.2, 0) is 0 Å². The molecule has 94 valence electrons. The van der Waals surface area contributed by atoms with Crippen molar-refractivity contribution in [3.8, 4) is 17.0 Å². The lowest BCUT2D eigenvalue weighted by molar-refractivity contribution is 0.415. The van der Waals surface area contributed by atoms with Crippen LogP contribution in [0.25, 0.3) is 11.3 Å². The van der Waals surface area contributed by atoms with Gasteiger partial charge in [-0.05, 0) is 31.0 Å². The molecule has 0 atom stereocenters. The molecular weight excluding hydrogens is 233 g/mol. The average Bonchev–Trinajstić information content (AvgIpc) is 2.32. The van der Waals surface area contributed by atoms with Crippen molar-refractivity contribution in [1.29, 1.82) is 0 Å². The van der Waals surface area contributed by atoms with Gasteiger partial charge in [0.2, 0.25) is 5.95 Å². The first-order chi connectivity index (χ1) is 8.52. The maximum atomic E-state index is 13.8. The van der Waals surface area contributed by atoms with Gasteiger partial charge in [0.05, 0.1) is 13.3 Å². The number of hydrogen-bond acceptors (Lipinski definition) is 4. The molecule has 0 fully saturated rings. The molecule has 18 heavy (non-hydrogen) atoms. The summed E-state index contributed by atoms with van der Waals surface area (Å²) in [6.07, 6.45) is 1.07. The van der Waals surface area contributed by atoms with Crippen molar-refractivity contribution in [2.45, 2.75) is 13.8 Å². The van der Waals surface area contributed by atoms with Gasteiger partial charge in [0.1, 0.15) is 11.4 Å². The molecule has 2 N–H and O–H groups in total. The van der Waals surface area contributed by atoms with Gasteiger partial charge in [0.15, 0.2) is 5.82 Å². The van der Waals surface area contributed by atoms with Crippen LogP contribution in [0.15, 0.2) is 18.3 Å². The van der Waals surface area contributed by atoms with E-state index in [0.717, 1.165) is 17.3 Å². The third kappa shape index (κ3) is 2.11. The molecule has 0 unspecified atom stereocenters. The maximum Gasteiger partial charge on any atom is 0.220 e. The summed E-state index contributed by atoms with van der Waals surface area (Å²) in [7, 11) is 1.54. The molecule has 1 aromatic heterocycles. The minimum Gasteiger partial charge on any atom is -0.496 e. The van der Waals surface area contributed by atoms with Gasteiger partial charge < -0.3 is 10.5 Å². The normalized spacial score (nSPS) is 10.4. The number of ether oxygens (including phenoxy) is 1. The predicted molar refractivity (Wildman–Crippen MR) is 67.9 cm³/mol. The molecule has 1 aromatic carbocycles. The second-order valence-electron chi connectivity index (χ2n) is 4.08. The van der Waals surface area contributed by atoms with E-state index < -0.39 is 5.82 Å². The zero-order valence-electron chi connectivity index (χ0n) is 10.5. The number of halogens is 1. The summed E-state index contributed by atoms with van der Waals surface area (Å²) < 4.78 is 19.1. The van der Waals surface area contributed by atoms with E-state index in [1.54, 1.807) is 7.11 Å². The third-order valence-corrected chi connectivity index (χ3v) is 2.66. The highest BCUT2D eigenvalue weighted by Gasteiger charge is 2.16. The Balaban J connectivity index is 2.74. The van der Waals surface area contributed by atoms with Gasteiger partial charge in [-0.1, -0.05) is 6.07 Å². The lowest BCUT2D eigenvalue weighted by Crippen LogP contribution is -2.01. The van der Waals surface area contributed by atoms with Crippen molar-refractivity contribution in [1.82, 2.24) is 9.97 Å². The van der Waals surface area contributed by atoms with Crippen LogP contribution in [0.4, 0.5) is 10.3 Å². The Bertz CT molecular complexity index is 599. The van der Waals surface area contributed by atoms with E-state index in [1.807, 2.05) is 26.0 Å². The Kier molecular flexibility index (Phi) is 3.14. The second kappa shape index (κ2) is 4.60. The summed E-state index contributed by atoms with van der Waals surface area (Å²) in [5.74, 6) is 0.0902. The second-order valence-corrected chi connectivity index (χ2v) is 4.08. The smallest absolute Gasteiger partial charge is 0.220 e. The highest BCUT2D eigenvalue weighted by atomic mass is 19.1. The summed E-state index contributed by atoms with van der Waals surface area (Å²) in [4.78, 5) is 7.57. The van der Waals surface area contributed by atoms with Crippen LogP contribution in [0.5, 0.6) is 5.75 Å². The summed E-state index contributed by atoms with van der Waals surface area (Å²) in [6.45, 7) is 3.83. The number of rotatable bonds is 2. The third-order valence-electron chi connectivity index (χ3n) is 2.66. The van der Waals surface area contributed by atoms with E-state index in [9.17, 15) is 4.39 Å². The molecule has 0 saturated heterocycles. The number of nitrogen functional groups attached to an aromatic ring is 1. The van der Waals surface area contributed by atoms with Crippen molar-refractivity contribution in [3.05, 3.63) is 35.3 Å². The van der Waals surface area contributed by atoms with E-state index in [0.29, 0.717) is 11.3 Å². The predicted octanol–water partition coefficient (Wildman–Crippen LogP) is 2.49. The first-order valence-corrected chi connectivity index (χ1v) is 5.46. The van der Waals surface area contributed by atoms with Crippen LogP contribution in [0.3, 0.4) is 0 Å². The van der Waals surface area contributed by atoms with Gasteiger partial charge in [-0.3, -0.25) is 0 Å². The van der Waals surface area contributed by atoms with Crippen molar-refractivity contribution in [2.24, 2.45) is 0 Å². The van der Waals surface area contributed by atoms with Gasteiger partial charge in [-0.2, -0.15) is 0 Å². The minimum atomic E-state index is -0.519. The van der Waals surface area contributed by atoms with Crippen molar-refractivity contribution in [3.63, 3.8) is 0 Å². The van der Waals surface area contributed by atoms with Crippen LogP contribution in [0.2, 0.25) is 0 Å². The topological polar surface area (TPSA) is 61.0 Å². The highest BCUT2D eigenvalue weighted by Crippen LogP contribution is 2.34. The van der Waals surface area contributed by atoms with Crippen LogP contribution in [-0.4, -0.2) is 17.1 Å². The van der Waals surface area contributed by atoms with Crippen LogP contribution < -0.4 is 10.5 Å². The molecule has 2 rings (SSSR count). The van der Waals surface area contributed by atoms with E-state index >= 15 is 0 Å². The van der Waals surface area contributed by atoms with Gasteiger partial charge in [-0.15, -0.1) is 0 Å². The fourth-order valence-corrected chi connectivity index (χ4v) is 1.95. The molecule has 4 nitrogen and oxygen atoms in total. The molecule has 0 saturated carbocycles. The number of hydrogen-bond donors (Lipinski definition) is 1. The Morgan fingerprint density at radius 1 is 1.28 bits per heavy atom. The largest absolute Gasteiger partial charge is 0.496 e. The van der Waals surface area contributed by atoms with Gasteiger partial charge in [0, 0.05) is 5.56 Å². The molecule has 2 aromatic rings. The molecule has 0 aliphatic carbocycles. The molecule has 5 heteroatoms. The van der Waals surface area contributed by atoms with E-state index in [-0.39, 0.29) is 11.6 Å². The molecule has 0 aliphatic heterocycles. The first-order valence-electron chi connectivity index (χ1n) is 5.46. The van der Waals surface area contributed by atoms with Crippen LogP contribution in [0.1, 0.15) is 11.1 Å². The van der Waals surface area contributed by atoms with Gasteiger partial charge >= 0.3 is 0 Å². The van der Waals surface area contributed by atoms with Crippen molar-refractivity contribution < 1.29 is 9.13 Å². The van der Waals surface area contributed by atoms with Crippen molar-refractivity contribution >= 4 is 5.95 Å². The molecule has 1 heterocycles. The average molecular weight is 247 g/mol. The number of nitrogens with two attached hydrogens (primary N) is 1. The van der Waals surface area contributed by atoms with Gasteiger partial charge in [-0.25, -0.2) is 14.4 Å². The summed E-state index contributed by atoms with van der Waals surface area (Å²) in [6, 6.07) is 3.77. The van der Waals surface area contributed by atoms with Crippen LogP contribution in [0, 0.1) is 19.7 Å². The lowest BCUT2D eigenvalue weighted by Gasteiger charge is -2.13. The standard InChI is InChI=1S/C13H14FN3O/c1-7-4-8(2)11(10(5-7)18-3)12-9(14)6-16-13(15)17-12/h4-6H,1-3H3,(H2,15,16,17). The Morgan fingerprint density at radius 2 is 2.00 bits per heavy atom. The Labute approximate surface area is 105 Å². The van der Waals surface area contributed by atoms with Gasteiger partial charge in [0.25, 0.3) is 0 Å². The molecule has 0 amide bonds. The molecule has 0 radical (unpaired) electrons. The van der Waals surface area contributed by atoms with Crippen molar-refractivity contribution in [2.75, 3.05) is 12.8 Å². The van der Waals surface area contributed by atoms with E-state index in [2.05, 4.69) is 9.97 Å². The fourth-order valence-electron chi connectivity index (χ4n) is 1.95. The highest BCUT2D eigenvalue weighted by molar-refractivity contribution is 5.72. The number of nitrogens with zero attached hydrogens (tertiary/aromatic N) is 2. The molecule has 0 spiro atoms. The molecular formula is C13H14FN3O. The Hall–Kier alpha value is -2.17. The monoisotopic (exact) mass is 247 g/mol. The molecule has 0 bridgehead atoms. The number of aryl methyl sites for hydroxylation is 2. The first kappa shape index (κ1) is 12.3. The SMILES string of the molecule is COc1cc(C)cc(C)c1-c1nc(N)ncc1F. The quantitative estimate of drug-likeness (QED) is 0.885. The number of aromatic nitrogens is 2. The zero-order chi connectivity index (χ0) is 13.3. The summed E-state index contributed by atoms with van der Waals surface area (Å²) in [5.41, 5.74) is 8.19. The number of methoxy groups -OCH3 is 1. The summed E-state index contributed by atoms with van der Waals surface area (Å²) >= 11 is 0. The fraction of sp³-hybridized carbons (Fsp3) is 0.231. The zero-order valence-corrected chi connectivity index (χ0v) is 10.5. The number of benzene rings is 1. The van der Waals surface area contributed by atoms with E-state index in [4.69, 9.17) is 10.5 Å². The van der Waals surface area contributed by atoms with E-state index in [1.165, 1.54) is 0 Å². The maximum absolute atomic E-state index is 13.8. The number of anilines is 1. The molecule has 0 aliphatic rings. The summed E-state index contributed by atoms with van der Waals surface area (Å²) in [5, 5.41) is 0. The van der Waals surface area contributed by atoms with Crippen LogP contribution >= 0.6 is 0 Å². The minimum absolute atomic E-state index is 0.0356. The Morgan fingerprint density at radius 3 is 2.67 bits per heavy atom.